The molecule has 0 atom stereocenters. The molecule has 1 aromatic heterocycles. The van der Waals surface area contributed by atoms with E-state index < -0.39 is 0 Å². The van der Waals surface area contributed by atoms with Crippen LogP contribution in [0.25, 0.3) is 0 Å². The van der Waals surface area contributed by atoms with Gasteiger partial charge in [-0.2, -0.15) is 10.4 Å². The van der Waals surface area contributed by atoms with Crippen LogP contribution in [0.4, 0.5) is 5.82 Å². The van der Waals surface area contributed by atoms with Gasteiger partial charge < -0.3 is 5.73 Å². The minimum atomic E-state index is 0.298. The van der Waals surface area contributed by atoms with Crippen molar-refractivity contribution in [1.82, 2.24) is 9.78 Å². The molecule has 0 spiro atoms. The van der Waals surface area contributed by atoms with E-state index in [0.717, 1.165) is 15.6 Å². The van der Waals surface area contributed by atoms with Crippen molar-refractivity contribution >= 4 is 21.7 Å². The van der Waals surface area contributed by atoms with Crippen LogP contribution in [-0.4, -0.2) is 9.78 Å². The summed E-state index contributed by atoms with van der Waals surface area (Å²) < 4.78 is 2.75. The van der Waals surface area contributed by atoms with Crippen molar-refractivity contribution in [2.24, 2.45) is 0 Å². The van der Waals surface area contributed by atoms with Crippen LogP contribution in [-0.2, 0) is 13.0 Å². The summed E-state index contributed by atoms with van der Waals surface area (Å²) in [5, 5.41) is 12.8. The van der Waals surface area contributed by atoms with Crippen LogP contribution in [0, 0.1) is 11.3 Å². The summed E-state index contributed by atoms with van der Waals surface area (Å²) in [6.45, 7) is 0.616. The number of nitriles is 1. The number of hydrogen-bond acceptors (Lipinski definition) is 3. The maximum absolute atomic E-state index is 8.63. The zero-order chi connectivity index (χ0) is 12.3. The second kappa shape index (κ2) is 5.02. The summed E-state index contributed by atoms with van der Waals surface area (Å²) in [6.07, 6.45) is 1.95. The Morgan fingerprint density at radius 1 is 1.35 bits per heavy atom. The Balaban J connectivity index is 2.19. The Labute approximate surface area is 108 Å². The van der Waals surface area contributed by atoms with E-state index in [9.17, 15) is 0 Å². The predicted octanol–water partition coefficient (Wildman–Crippen LogP) is 2.34. The monoisotopic (exact) mass is 290 g/mol. The van der Waals surface area contributed by atoms with Crippen LogP contribution in [0.3, 0.4) is 0 Å². The first kappa shape index (κ1) is 11.7. The van der Waals surface area contributed by atoms with Crippen LogP contribution < -0.4 is 5.73 Å². The molecule has 0 saturated carbocycles. The average molecular weight is 291 g/mol. The highest BCUT2D eigenvalue weighted by molar-refractivity contribution is 9.10. The van der Waals surface area contributed by atoms with Gasteiger partial charge >= 0.3 is 0 Å². The number of aromatic nitrogens is 2. The minimum Gasteiger partial charge on any atom is -0.384 e. The van der Waals surface area contributed by atoms with Gasteiger partial charge in [0, 0.05) is 10.0 Å². The first-order valence-corrected chi connectivity index (χ1v) is 5.91. The lowest BCUT2D eigenvalue weighted by atomic mass is 10.2. The standard InChI is InChI=1S/C12H11BrN4/c13-11-3-1-9(2-4-11)8-17-12(15)10(5-6-14)7-16-17/h1-4,7H,5,8,15H2. The molecule has 0 aliphatic heterocycles. The summed E-state index contributed by atoms with van der Waals surface area (Å²) >= 11 is 3.39. The minimum absolute atomic E-state index is 0.298. The quantitative estimate of drug-likeness (QED) is 0.943. The Kier molecular flexibility index (Phi) is 3.45. The molecule has 0 unspecified atom stereocenters. The van der Waals surface area contributed by atoms with Gasteiger partial charge in [0.1, 0.15) is 5.82 Å². The maximum atomic E-state index is 8.63. The smallest absolute Gasteiger partial charge is 0.126 e. The van der Waals surface area contributed by atoms with Crippen LogP contribution in [0.5, 0.6) is 0 Å². The summed E-state index contributed by atoms with van der Waals surface area (Å²) in [6, 6.07) is 10.0. The molecule has 2 N–H and O–H groups in total. The van der Waals surface area contributed by atoms with Gasteiger partial charge in [0.15, 0.2) is 0 Å². The number of nitrogen functional groups attached to an aromatic ring is 1. The predicted molar refractivity (Wildman–Crippen MR) is 69.2 cm³/mol. The van der Waals surface area contributed by atoms with E-state index >= 15 is 0 Å². The van der Waals surface area contributed by atoms with Crippen molar-refractivity contribution in [1.29, 1.82) is 5.26 Å². The van der Waals surface area contributed by atoms with Crippen LogP contribution in [0.15, 0.2) is 34.9 Å². The van der Waals surface area contributed by atoms with Crippen molar-refractivity contribution < 1.29 is 0 Å². The number of benzene rings is 1. The summed E-state index contributed by atoms with van der Waals surface area (Å²) in [4.78, 5) is 0. The highest BCUT2D eigenvalue weighted by Crippen LogP contribution is 2.15. The molecular weight excluding hydrogens is 280 g/mol. The normalized spacial score (nSPS) is 10.1. The molecule has 0 aliphatic carbocycles. The van der Waals surface area contributed by atoms with Gasteiger partial charge in [-0.05, 0) is 17.7 Å². The second-order valence-electron chi connectivity index (χ2n) is 3.67. The molecule has 5 heteroatoms. The number of nitrogens with zero attached hydrogens (tertiary/aromatic N) is 3. The number of anilines is 1. The lowest BCUT2D eigenvalue weighted by Gasteiger charge is -2.05. The zero-order valence-corrected chi connectivity index (χ0v) is 10.7. The molecule has 0 bridgehead atoms. The van der Waals surface area contributed by atoms with Crippen molar-refractivity contribution in [3.05, 3.63) is 46.1 Å². The van der Waals surface area contributed by atoms with Crippen LogP contribution in [0.2, 0.25) is 0 Å². The van der Waals surface area contributed by atoms with Crippen molar-refractivity contribution in [2.75, 3.05) is 5.73 Å². The average Bonchev–Trinajstić information content (AvgIpc) is 2.65. The first-order valence-electron chi connectivity index (χ1n) is 5.12. The molecule has 1 heterocycles. The summed E-state index contributed by atoms with van der Waals surface area (Å²) in [5.74, 6) is 0.564. The third-order valence-electron chi connectivity index (χ3n) is 2.48. The zero-order valence-electron chi connectivity index (χ0n) is 9.10. The molecule has 0 amide bonds. The molecule has 1 aromatic carbocycles. The topological polar surface area (TPSA) is 67.6 Å². The van der Waals surface area contributed by atoms with Gasteiger partial charge in [0.2, 0.25) is 0 Å². The van der Waals surface area contributed by atoms with Gasteiger partial charge in [-0.1, -0.05) is 28.1 Å². The highest BCUT2D eigenvalue weighted by atomic mass is 79.9. The summed E-state index contributed by atoms with van der Waals surface area (Å²) in [7, 11) is 0. The Bertz CT molecular complexity index is 551. The number of hydrogen-bond donors (Lipinski definition) is 1. The third kappa shape index (κ3) is 2.66. The van der Waals surface area contributed by atoms with Gasteiger partial charge in [0.25, 0.3) is 0 Å². The van der Waals surface area contributed by atoms with E-state index in [4.69, 9.17) is 11.0 Å². The van der Waals surface area contributed by atoms with Gasteiger partial charge in [-0.25, -0.2) is 4.68 Å². The largest absolute Gasteiger partial charge is 0.384 e. The molecule has 2 rings (SSSR count). The van der Waals surface area contributed by atoms with Gasteiger partial charge in [-0.3, -0.25) is 0 Å². The van der Waals surface area contributed by atoms with E-state index in [0.29, 0.717) is 18.8 Å². The molecule has 0 aliphatic rings. The molecule has 17 heavy (non-hydrogen) atoms. The Morgan fingerprint density at radius 2 is 2.06 bits per heavy atom. The third-order valence-corrected chi connectivity index (χ3v) is 3.00. The van der Waals surface area contributed by atoms with E-state index in [2.05, 4.69) is 27.1 Å². The van der Waals surface area contributed by atoms with Gasteiger partial charge in [-0.15, -0.1) is 0 Å². The second-order valence-corrected chi connectivity index (χ2v) is 4.59. The SMILES string of the molecule is N#CCc1cnn(Cc2ccc(Br)cc2)c1N. The Hall–Kier alpha value is -1.80. The van der Waals surface area contributed by atoms with E-state index in [-0.39, 0.29) is 0 Å². The molecule has 2 aromatic rings. The lowest BCUT2D eigenvalue weighted by molar-refractivity contribution is 0.697. The fourth-order valence-electron chi connectivity index (χ4n) is 1.54. The van der Waals surface area contributed by atoms with Crippen molar-refractivity contribution in [3.8, 4) is 6.07 Å². The molecule has 0 fully saturated rings. The molecule has 0 radical (unpaired) electrons. The van der Waals surface area contributed by atoms with E-state index in [1.165, 1.54) is 0 Å². The van der Waals surface area contributed by atoms with E-state index in [1.807, 2.05) is 24.3 Å². The van der Waals surface area contributed by atoms with Gasteiger partial charge in [0.05, 0.1) is 25.2 Å². The molecule has 0 saturated heterocycles. The maximum Gasteiger partial charge on any atom is 0.126 e. The van der Waals surface area contributed by atoms with Crippen LogP contribution >= 0.6 is 15.9 Å². The number of halogens is 1. The fourth-order valence-corrected chi connectivity index (χ4v) is 1.81. The van der Waals surface area contributed by atoms with Crippen molar-refractivity contribution in [2.45, 2.75) is 13.0 Å². The summed E-state index contributed by atoms with van der Waals surface area (Å²) in [5.41, 5.74) is 7.81. The van der Waals surface area contributed by atoms with Crippen molar-refractivity contribution in [3.63, 3.8) is 0 Å². The molecular formula is C12H11BrN4. The highest BCUT2D eigenvalue weighted by Gasteiger charge is 2.07. The van der Waals surface area contributed by atoms with Crippen LogP contribution in [0.1, 0.15) is 11.1 Å². The number of rotatable bonds is 3. The first-order chi connectivity index (χ1) is 8.20. The molecule has 86 valence electrons. The Morgan fingerprint density at radius 3 is 2.71 bits per heavy atom. The van der Waals surface area contributed by atoms with E-state index in [1.54, 1.807) is 10.9 Å². The molecule has 4 nitrogen and oxygen atoms in total. The lowest BCUT2D eigenvalue weighted by Crippen LogP contribution is -2.06. The number of nitrogens with two attached hydrogens (primary N) is 1. The fraction of sp³-hybridized carbons (Fsp3) is 0.167.